The molecular formula is C20H30N4O2. The van der Waals surface area contributed by atoms with E-state index in [1.54, 1.807) is 6.92 Å². The zero-order chi connectivity index (χ0) is 18.4. The van der Waals surface area contributed by atoms with Crippen molar-refractivity contribution in [3.8, 4) is 0 Å². The van der Waals surface area contributed by atoms with Gasteiger partial charge in [0.1, 0.15) is 0 Å². The number of rotatable bonds is 5. The van der Waals surface area contributed by atoms with Gasteiger partial charge in [-0.1, -0.05) is 30.3 Å². The largest absolute Gasteiger partial charge is 0.339 e. The molecule has 142 valence electrons. The predicted octanol–water partition coefficient (Wildman–Crippen LogP) is 0.537. The summed E-state index contributed by atoms with van der Waals surface area (Å²) in [5.41, 5.74) is 1.38. The van der Waals surface area contributed by atoms with Crippen LogP contribution in [-0.2, 0) is 16.0 Å². The minimum atomic E-state index is 0.101. The summed E-state index contributed by atoms with van der Waals surface area (Å²) in [4.78, 5) is 32.3. The normalized spacial score (nSPS) is 19.6. The Hall–Kier alpha value is -1.92. The highest BCUT2D eigenvalue weighted by atomic mass is 16.2. The second-order valence-corrected chi connectivity index (χ2v) is 7.24. The van der Waals surface area contributed by atoms with Crippen LogP contribution in [0.4, 0.5) is 0 Å². The third kappa shape index (κ3) is 5.29. The zero-order valence-corrected chi connectivity index (χ0v) is 15.8. The van der Waals surface area contributed by atoms with Gasteiger partial charge in [0.2, 0.25) is 11.8 Å². The molecule has 6 nitrogen and oxygen atoms in total. The maximum atomic E-state index is 12.5. The van der Waals surface area contributed by atoms with Crippen molar-refractivity contribution in [2.24, 2.45) is 0 Å². The van der Waals surface area contributed by atoms with Gasteiger partial charge in [-0.2, -0.15) is 0 Å². The third-order valence-electron chi connectivity index (χ3n) is 5.46. The molecule has 2 saturated heterocycles. The third-order valence-corrected chi connectivity index (χ3v) is 5.46. The van der Waals surface area contributed by atoms with E-state index >= 15 is 0 Å². The number of nitrogens with zero attached hydrogens (tertiary/aromatic N) is 4. The summed E-state index contributed by atoms with van der Waals surface area (Å²) in [7, 11) is 0. The Bertz CT molecular complexity index is 591. The van der Waals surface area contributed by atoms with Crippen LogP contribution in [0.1, 0.15) is 12.5 Å². The summed E-state index contributed by atoms with van der Waals surface area (Å²) < 4.78 is 0. The number of carbonyl (C=O) groups is 2. The van der Waals surface area contributed by atoms with Gasteiger partial charge in [-0.05, 0) is 12.0 Å². The molecule has 6 heteroatoms. The lowest BCUT2D eigenvalue weighted by atomic mass is 10.1. The van der Waals surface area contributed by atoms with Crippen molar-refractivity contribution < 1.29 is 9.59 Å². The zero-order valence-electron chi connectivity index (χ0n) is 15.8. The van der Waals surface area contributed by atoms with Crippen molar-refractivity contribution in [2.45, 2.75) is 13.3 Å². The van der Waals surface area contributed by atoms with Crippen LogP contribution in [0.15, 0.2) is 30.3 Å². The highest BCUT2D eigenvalue weighted by Gasteiger charge is 2.25. The molecule has 0 aromatic heterocycles. The van der Waals surface area contributed by atoms with Crippen molar-refractivity contribution in [1.29, 1.82) is 0 Å². The van der Waals surface area contributed by atoms with E-state index in [2.05, 4.69) is 40.1 Å². The Morgan fingerprint density at radius 3 is 2.00 bits per heavy atom. The van der Waals surface area contributed by atoms with Gasteiger partial charge in [0.25, 0.3) is 0 Å². The van der Waals surface area contributed by atoms with Crippen molar-refractivity contribution >= 4 is 11.8 Å². The molecule has 26 heavy (non-hydrogen) atoms. The maximum Gasteiger partial charge on any atom is 0.236 e. The molecule has 2 heterocycles. The average Bonchev–Trinajstić information content (AvgIpc) is 2.68. The van der Waals surface area contributed by atoms with Crippen LogP contribution in [0.25, 0.3) is 0 Å². The second kappa shape index (κ2) is 9.14. The molecule has 1 aromatic carbocycles. The number of benzene rings is 1. The van der Waals surface area contributed by atoms with E-state index in [4.69, 9.17) is 0 Å². The van der Waals surface area contributed by atoms with Gasteiger partial charge in [-0.15, -0.1) is 0 Å². The van der Waals surface area contributed by atoms with E-state index in [0.717, 1.165) is 39.1 Å². The molecule has 2 aliphatic rings. The molecule has 2 fully saturated rings. The van der Waals surface area contributed by atoms with Gasteiger partial charge >= 0.3 is 0 Å². The fourth-order valence-corrected chi connectivity index (χ4v) is 3.66. The lowest BCUT2D eigenvalue weighted by Crippen LogP contribution is -2.54. The van der Waals surface area contributed by atoms with E-state index in [1.165, 1.54) is 5.56 Å². The molecule has 0 bridgehead atoms. The summed E-state index contributed by atoms with van der Waals surface area (Å²) in [5.74, 6) is 0.301. The molecule has 0 aliphatic carbocycles. The van der Waals surface area contributed by atoms with Crippen LogP contribution in [0.2, 0.25) is 0 Å². The first-order chi connectivity index (χ1) is 12.6. The molecule has 0 radical (unpaired) electrons. The predicted molar refractivity (Wildman–Crippen MR) is 102 cm³/mol. The molecule has 0 saturated carbocycles. The summed E-state index contributed by atoms with van der Waals surface area (Å²) >= 11 is 0. The van der Waals surface area contributed by atoms with Gasteiger partial charge in [0.05, 0.1) is 6.54 Å². The lowest BCUT2D eigenvalue weighted by Gasteiger charge is -2.37. The summed E-state index contributed by atoms with van der Waals surface area (Å²) in [6.45, 7) is 9.78. The molecule has 2 aliphatic heterocycles. The van der Waals surface area contributed by atoms with Crippen molar-refractivity contribution in [3.05, 3.63) is 35.9 Å². The molecular weight excluding hydrogens is 328 g/mol. The van der Waals surface area contributed by atoms with Crippen LogP contribution < -0.4 is 0 Å². The van der Waals surface area contributed by atoms with Crippen molar-refractivity contribution in [3.63, 3.8) is 0 Å². The molecule has 0 spiro atoms. The minimum absolute atomic E-state index is 0.101. The number of hydrogen-bond acceptors (Lipinski definition) is 4. The fourth-order valence-electron chi connectivity index (χ4n) is 3.66. The molecule has 0 unspecified atom stereocenters. The standard InChI is InChI=1S/C20H30N4O2/c1-18(25)23-13-15-24(16-14-23)20(26)17-22-11-9-21(10-12-22)8-7-19-5-3-2-4-6-19/h2-6H,7-17H2,1H3. The van der Waals surface area contributed by atoms with Gasteiger partial charge in [-0.3, -0.25) is 14.5 Å². The number of piperazine rings is 2. The van der Waals surface area contributed by atoms with Gasteiger partial charge < -0.3 is 14.7 Å². The van der Waals surface area contributed by atoms with E-state index in [-0.39, 0.29) is 11.8 Å². The van der Waals surface area contributed by atoms with E-state index in [9.17, 15) is 9.59 Å². The van der Waals surface area contributed by atoms with Crippen LogP contribution >= 0.6 is 0 Å². The molecule has 1 aromatic rings. The van der Waals surface area contributed by atoms with Crippen LogP contribution in [0.3, 0.4) is 0 Å². The quantitative estimate of drug-likeness (QED) is 0.771. The summed E-state index contributed by atoms with van der Waals surface area (Å²) in [6, 6.07) is 10.6. The highest BCUT2D eigenvalue weighted by Crippen LogP contribution is 2.08. The number of carbonyl (C=O) groups excluding carboxylic acids is 2. The van der Waals surface area contributed by atoms with Crippen LogP contribution in [0.5, 0.6) is 0 Å². The Balaban J connectivity index is 1.35. The Labute approximate surface area is 156 Å². The minimum Gasteiger partial charge on any atom is -0.339 e. The molecule has 0 atom stereocenters. The summed E-state index contributed by atoms with van der Waals surface area (Å²) in [6.07, 6.45) is 1.08. The first-order valence-electron chi connectivity index (χ1n) is 9.64. The smallest absolute Gasteiger partial charge is 0.236 e. The Morgan fingerprint density at radius 2 is 1.38 bits per heavy atom. The van der Waals surface area contributed by atoms with Crippen molar-refractivity contribution in [2.75, 3.05) is 65.4 Å². The van der Waals surface area contributed by atoms with Crippen LogP contribution in [-0.4, -0.2) is 96.9 Å². The first kappa shape index (κ1) is 18.9. The Morgan fingerprint density at radius 1 is 0.808 bits per heavy atom. The van der Waals surface area contributed by atoms with Gasteiger partial charge in [-0.25, -0.2) is 0 Å². The number of amides is 2. The second-order valence-electron chi connectivity index (χ2n) is 7.24. The topological polar surface area (TPSA) is 47.1 Å². The maximum absolute atomic E-state index is 12.5. The average molecular weight is 358 g/mol. The van der Waals surface area contributed by atoms with Gasteiger partial charge in [0.15, 0.2) is 0 Å². The number of hydrogen-bond donors (Lipinski definition) is 0. The highest BCUT2D eigenvalue weighted by molar-refractivity contribution is 5.79. The molecule has 2 amide bonds. The van der Waals surface area contributed by atoms with E-state index in [1.807, 2.05) is 9.80 Å². The van der Waals surface area contributed by atoms with Gasteiger partial charge in [0, 0.05) is 65.8 Å². The lowest BCUT2D eigenvalue weighted by molar-refractivity contribution is -0.139. The Kier molecular flexibility index (Phi) is 6.63. The fraction of sp³-hybridized carbons (Fsp3) is 0.600. The molecule has 0 N–H and O–H groups in total. The monoisotopic (exact) mass is 358 g/mol. The van der Waals surface area contributed by atoms with E-state index < -0.39 is 0 Å². The van der Waals surface area contributed by atoms with Crippen LogP contribution in [0, 0.1) is 0 Å². The SMILES string of the molecule is CC(=O)N1CCN(C(=O)CN2CCN(CCc3ccccc3)CC2)CC1. The summed E-state index contributed by atoms with van der Waals surface area (Å²) in [5, 5.41) is 0. The van der Waals surface area contributed by atoms with E-state index in [0.29, 0.717) is 32.7 Å². The first-order valence-corrected chi connectivity index (χ1v) is 9.64. The molecule has 3 rings (SSSR count). The van der Waals surface area contributed by atoms with Crippen molar-refractivity contribution in [1.82, 2.24) is 19.6 Å².